The first-order chi connectivity index (χ1) is 16.6. The van der Waals surface area contributed by atoms with Crippen molar-refractivity contribution in [3.05, 3.63) is 34.2 Å². The van der Waals surface area contributed by atoms with E-state index in [1.165, 1.54) is 12.8 Å². The molecule has 3 heterocycles. The minimum atomic E-state index is -0.169. The van der Waals surface area contributed by atoms with E-state index in [1.807, 2.05) is 15.6 Å². The second-order valence-corrected chi connectivity index (χ2v) is 9.32. The number of nitrogens with zero attached hydrogens (tertiary/aromatic N) is 4. The molecular weight excluding hydrogens is 434 g/mol. The van der Waals surface area contributed by atoms with Crippen LogP contribution < -0.4 is 10.3 Å². The molecule has 2 fully saturated rings. The molecule has 34 heavy (non-hydrogen) atoms. The van der Waals surface area contributed by atoms with Gasteiger partial charge in [0.1, 0.15) is 5.75 Å². The molecule has 2 aliphatic rings. The molecule has 1 N–H and O–H groups in total. The number of carbonyl (C=O) groups is 1. The molecule has 0 atom stereocenters. The summed E-state index contributed by atoms with van der Waals surface area (Å²) in [6.07, 6.45) is 7.10. The van der Waals surface area contributed by atoms with Gasteiger partial charge in [0.25, 0.3) is 11.5 Å². The number of amides is 1. The fraction of sp³-hybridized carbons (Fsp3) is 0.560. The largest absolute Gasteiger partial charge is 0.496 e. The number of carbonyl (C=O) groups excluding carboxylic acids is 1. The lowest BCUT2D eigenvalue weighted by atomic mass is 10.1. The lowest BCUT2D eigenvalue weighted by molar-refractivity contribution is 0.0621. The molecule has 0 bridgehead atoms. The molecule has 1 aliphatic heterocycles. The fourth-order valence-electron chi connectivity index (χ4n) is 5.40. The van der Waals surface area contributed by atoms with Crippen LogP contribution in [0.2, 0.25) is 0 Å². The molecule has 0 radical (unpaired) electrons. The van der Waals surface area contributed by atoms with Crippen molar-refractivity contribution in [2.75, 3.05) is 53.6 Å². The highest BCUT2D eigenvalue weighted by Gasteiger charge is 2.27. The number of H-pyrrole nitrogens is 1. The molecule has 0 unspecified atom stereocenters. The Bertz CT molecular complexity index is 1240. The third-order valence-corrected chi connectivity index (χ3v) is 7.27. The van der Waals surface area contributed by atoms with E-state index >= 15 is 0 Å². The van der Waals surface area contributed by atoms with E-state index in [9.17, 15) is 9.59 Å². The summed E-state index contributed by atoms with van der Waals surface area (Å²) in [6, 6.07) is 3.94. The van der Waals surface area contributed by atoms with Gasteiger partial charge in [-0.1, -0.05) is 12.8 Å². The summed E-state index contributed by atoms with van der Waals surface area (Å²) in [5.41, 5.74) is 1.83. The molecule has 1 saturated heterocycles. The molecule has 3 aromatic rings. The van der Waals surface area contributed by atoms with E-state index in [0.717, 1.165) is 56.4 Å². The van der Waals surface area contributed by atoms with Gasteiger partial charge in [0, 0.05) is 57.9 Å². The Balaban J connectivity index is 1.49. The number of piperazine rings is 1. The maximum absolute atomic E-state index is 13.6. The topological polar surface area (TPSA) is 92.7 Å². The molecule has 9 heteroatoms. The fourth-order valence-corrected chi connectivity index (χ4v) is 5.40. The van der Waals surface area contributed by atoms with Crippen molar-refractivity contribution >= 4 is 27.7 Å². The highest BCUT2D eigenvalue weighted by Crippen LogP contribution is 2.35. The van der Waals surface area contributed by atoms with Gasteiger partial charge in [-0.3, -0.25) is 19.2 Å². The van der Waals surface area contributed by atoms with Crippen LogP contribution in [0.15, 0.2) is 23.1 Å². The van der Waals surface area contributed by atoms with Gasteiger partial charge in [0.05, 0.1) is 41.3 Å². The molecular formula is C25H33N5O4. The van der Waals surface area contributed by atoms with Crippen LogP contribution in [-0.2, 0) is 4.74 Å². The van der Waals surface area contributed by atoms with Crippen LogP contribution in [0.4, 0.5) is 0 Å². The lowest BCUT2D eigenvalue weighted by Gasteiger charge is -2.35. The Morgan fingerprint density at radius 3 is 2.59 bits per heavy atom. The minimum absolute atomic E-state index is 0.0402. The van der Waals surface area contributed by atoms with E-state index in [2.05, 4.69) is 15.0 Å². The van der Waals surface area contributed by atoms with Crippen molar-refractivity contribution in [2.24, 2.45) is 0 Å². The van der Waals surface area contributed by atoms with Crippen LogP contribution in [0.3, 0.4) is 0 Å². The van der Waals surface area contributed by atoms with Gasteiger partial charge in [-0.05, 0) is 25.3 Å². The van der Waals surface area contributed by atoms with E-state index in [1.54, 1.807) is 26.5 Å². The van der Waals surface area contributed by atoms with Crippen LogP contribution in [0.25, 0.3) is 21.8 Å². The molecule has 182 valence electrons. The maximum Gasteiger partial charge on any atom is 0.259 e. The summed E-state index contributed by atoms with van der Waals surface area (Å²) in [7, 11) is 3.28. The number of fused-ring (bicyclic) bond motifs is 3. The van der Waals surface area contributed by atoms with E-state index in [0.29, 0.717) is 35.3 Å². The Morgan fingerprint density at radius 1 is 1.12 bits per heavy atom. The van der Waals surface area contributed by atoms with Gasteiger partial charge in [-0.2, -0.15) is 5.10 Å². The van der Waals surface area contributed by atoms with Gasteiger partial charge in [-0.25, -0.2) is 0 Å². The molecule has 1 saturated carbocycles. The lowest BCUT2D eigenvalue weighted by Crippen LogP contribution is -2.49. The van der Waals surface area contributed by atoms with Gasteiger partial charge in [-0.15, -0.1) is 0 Å². The molecule has 1 aromatic carbocycles. The summed E-state index contributed by atoms with van der Waals surface area (Å²) < 4.78 is 12.7. The van der Waals surface area contributed by atoms with Crippen molar-refractivity contribution in [2.45, 2.75) is 38.1 Å². The first-order valence-corrected chi connectivity index (χ1v) is 12.2. The van der Waals surface area contributed by atoms with Gasteiger partial charge in [0.15, 0.2) is 0 Å². The number of aromatic amines is 1. The average Bonchev–Trinajstić information content (AvgIpc) is 3.54. The molecule has 5 rings (SSSR count). The maximum atomic E-state index is 13.6. The zero-order valence-corrected chi connectivity index (χ0v) is 20.0. The SMILES string of the molecule is COCCCN1CCN(C(=O)c2cc3c(cc2OC)[nH]c(=O)c2cnn(C4CCCC4)c23)CC1. The van der Waals surface area contributed by atoms with Crippen LogP contribution >= 0.6 is 0 Å². The average molecular weight is 468 g/mol. The van der Waals surface area contributed by atoms with Crippen LogP contribution in [0.5, 0.6) is 5.75 Å². The first kappa shape index (κ1) is 22.9. The third-order valence-electron chi connectivity index (χ3n) is 7.27. The van der Waals surface area contributed by atoms with Gasteiger partial charge >= 0.3 is 0 Å². The zero-order chi connectivity index (χ0) is 23.7. The van der Waals surface area contributed by atoms with Gasteiger partial charge < -0.3 is 19.4 Å². The summed E-state index contributed by atoms with van der Waals surface area (Å²) in [6.45, 7) is 4.77. The standard InChI is InChI=1S/C25H33N5O4/c1-33-13-5-8-28-9-11-29(12-10-28)25(32)19-14-18-21(15-22(19)34-2)27-24(31)20-16-26-30(23(18)20)17-6-3-4-7-17/h14-17H,3-13H2,1-2H3,(H,27,31). The van der Waals surface area contributed by atoms with Crippen LogP contribution in [0, 0.1) is 0 Å². The van der Waals surface area contributed by atoms with Crippen molar-refractivity contribution in [1.29, 1.82) is 0 Å². The highest BCUT2D eigenvalue weighted by atomic mass is 16.5. The monoisotopic (exact) mass is 467 g/mol. The first-order valence-electron chi connectivity index (χ1n) is 12.2. The Kier molecular flexibility index (Phi) is 6.56. The molecule has 1 aliphatic carbocycles. The minimum Gasteiger partial charge on any atom is -0.496 e. The number of pyridine rings is 1. The van der Waals surface area contributed by atoms with Crippen molar-refractivity contribution < 1.29 is 14.3 Å². The van der Waals surface area contributed by atoms with Crippen molar-refractivity contribution in [3.8, 4) is 5.75 Å². The number of benzene rings is 1. The summed E-state index contributed by atoms with van der Waals surface area (Å²) >= 11 is 0. The summed E-state index contributed by atoms with van der Waals surface area (Å²) in [4.78, 5) is 33.6. The van der Waals surface area contributed by atoms with Crippen molar-refractivity contribution in [1.82, 2.24) is 24.6 Å². The Hall–Kier alpha value is -2.91. The third kappa shape index (κ3) is 4.18. The highest BCUT2D eigenvalue weighted by molar-refractivity contribution is 6.08. The Labute approximate surface area is 198 Å². The number of hydrogen-bond donors (Lipinski definition) is 1. The smallest absolute Gasteiger partial charge is 0.259 e. The second-order valence-electron chi connectivity index (χ2n) is 9.32. The number of ether oxygens (including phenoxy) is 2. The van der Waals surface area contributed by atoms with E-state index in [4.69, 9.17) is 9.47 Å². The van der Waals surface area contributed by atoms with E-state index < -0.39 is 0 Å². The van der Waals surface area contributed by atoms with Crippen molar-refractivity contribution in [3.63, 3.8) is 0 Å². The predicted molar refractivity (Wildman–Crippen MR) is 131 cm³/mol. The molecule has 2 aromatic heterocycles. The number of aromatic nitrogens is 3. The predicted octanol–water partition coefficient (Wildman–Crippen LogP) is 2.80. The normalized spacial score (nSPS) is 17.8. The second kappa shape index (κ2) is 9.76. The Morgan fingerprint density at radius 2 is 1.88 bits per heavy atom. The summed E-state index contributed by atoms with van der Waals surface area (Å²) in [5, 5.41) is 5.99. The summed E-state index contributed by atoms with van der Waals surface area (Å²) in [5.74, 6) is 0.434. The number of hydrogen-bond acceptors (Lipinski definition) is 6. The quantitative estimate of drug-likeness (QED) is 0.537. The zero-order valence-electron chi connectivity index (χ0n) is 20.0. The van der Waals surface area contributed by atoms with Gasteiger partial charge in [0.2, 0.25) is 0 Å². The number of nitrogens with one attached hydrogen (secondary N) is 1. The van der Waals surface area contributed by atoms with Crippen LogP contribution in [0.1, 0.15) is 48.5 Å². The van der Waals surface area contributed by atoms with Crippen LogP contribution in [-0.4, -0.2) is 84.0 Å². The van der Waals surface area contributed by atoms with E-state index in [-0.39, 0.29) is 17.5 Å². The number of rotatable bonds is 7. The number of methoxy groups -OCH3 is 2. The molecule has 9 nitrogen and oxygen atoms in total. The molecule has 0 spiro atoms. The molecule has 1 amide bonds.